The molecule has 5 nitrogen and oxygen atoms in total. The fraction of sp³-hybridized carbons (Fsp3) is 0.417. The monoisotopic (exact) mass is 448 g/mol. The van der Waals surface area contributed by atoms with Gasteiger partial charge in [0.2, 0.25) is 11.8 Å². The van der Waals surface area contributed by atoms with Crippen LogP contribution in [0.2, 0.25) is 5.02 Å². The van der Waals surface area contributed by atoms with Crippen LogP contribution >= 0.6 is 11.6 Å². The van der Waals surface area contributed by atoms with Crippen molar-refractivity contribution in [2.75, 3.05) is 13.2 Å². The summed E-state index contributed by atoms with van der Waals surface area (Å²) in [5.41, 5.74) is 1.55. The number of carbonyl (C=O) groups is 2. The maximum atomic E-state index is 13.3. The maximum Gasteiger partial charge on any atom is 0.242 e. The van der Waals surface area contributed by atoms with E-state index in [1.165, 1.54) is 17.0 Å². The van der Waals surface area contributed by atoms with Crippen LogP contribution in [-0.2, 0) is 27.3 Å². The van der Waals surface area contributed by atoms with E-state index in [0.717, 1.165) is 11.1 Å². The lowest BCUT2D eigenvalue weighted by Crippen LogP contribution is -2.48. The van der Waals surface area contributed by atoms with Gasteiger partial charge in [0.15, 0.2) is 0 Å². The lowest BCUT2D eigenvalue weighted by atomic mass is 10.1. The van der Waals surface area contributed by atoms with E-state index < -0.39 is 6.04 Å². The molecule has 7 heteroatoms. The topological polar surface area (TPSA) is 58.6 Å². The zero-order valence-electron chi connectivity index (χ0n) is 18.2. The lowest BCUT2D eigenvalue weighted by Gasteiger charge is -2.29. The summed E-state index contributed by atoms with van der Waals surface area (Å²) in [5, 5.41) is 3.46. The second kappa shape index (κ2) is 12.4. The number of ether oxygens (including phenoxy) is 1. The molecule has 0 saturated carbocycles. The van der Waals surface area contributed by atoms with Gasteiger partial charge in [0.1, 0.15) is 11.9 Å². The molecule has 0 spiro atoms. The van der Waals surface area contributed by atoms with Crippen molar-refractivity contribution < 1.29 is 18.7 Å². The molecular formula is C24H30ClFN2O3. The maximum absolute atomic E-state index is 13.3. The van der Waals surface area contributed by atoms with Crippen molar-refractivity contribution in [2.45, 2.75) is 52.3 Å². The number of nitrogens with one attached hydrogen (secondary N) is 1. The number of benzene rings is 2. The average molecular weight is 449 g/mol. The standard InChI is InChI=1S/C24H30ClFN2O3/c1-17(2)31-14-4-13-27-24(30)18(3)28(16-20-7-11-22(26)12-8-20)23(29)15-19-5-9-21(25)10-6-19/h5-12,17-18H,4,13-16H2,1-3H3,(H,27,30). The molecule has 2 aromatic carbocycles. The molecule has 0 radical (unpaired) electrons. The Labute approximate surface area is 188 Å². The molecule has 1 unspecified atom stereocenters. The first-order chi connectivity index (χ1) is 14.8. The van der Waals surface area contributed by atoms with Crippen LogP contribution in [0.4, 0.5) is 4.39 Å². The van der Waals surface area contributed by atoms with Gasteiger partial charge in [-0.1, -0.05) is 35.9 Å². The third-order valence-corrected chi connectivity index (χ3v) is 5.03. The van der Waals surface area contributed by atoms with Gasteiger partial charge in [0, 0.05) is 24.7 Å². The van der Waals surface area contributed by atoms with Crippen molar-refractivity contribution in [3.8, 4) is 0 Å². The first kappa shape index (κ1) is 24.8. The van der Waals surface area contributed by atoms with E-state index in [-0.39, 0.29) is 36.7 Å². The second-order valence-electron chi connectivity index (χ2n) is 7.69. The lowest BCUT2D eigenvalue weighted by molar-refractivity contribution is -0.140. The number of nitrogens with zero attached hydrogens (tertiary/aromatic N) is 1. The van der Waals surface area contributed by atoms with E-state index in [4.69, 9.17) is 16.3 Å². The van der Waals surface area contributed by atoms with Crippen molar-refractivity contribution in [1.29, 1.82) is 0 Å². The van der Waals surface area contributed by atoms with Crippen LogP contribution in [0, 0.1) is 5.82 Å². The first-order valence-electron chi connectivity index (χ1n) is 10.4. The molecule has 31 heavy (non-hydrogen) atoms. The quantitative estimate of drug-likeness (QED) is 0.519. The third kappa shape index (κ3) is 8.67. The predicted octanol–water partition coefficient (Wildman–Crippen LogP) is 4.37. The van der Waals surface area contributed by atoms with Crippen molar-refractivity contribution in [3.63, 3.8) is 0 Å². The van der Waals surface area contributed by atoms with Crippen molar-refractivity contribution in [1.82, 2.24) is 10.2 Å². The Kier molecular flexibility index (Phi) is 9.95. The Morgan fingerprint density at radius 3 is 2.26 bits per heavy atom. The molecule has 0 aliphatic carbocycles. The summed E-state index contributed by atoms with van der Waals surface area (Å²) in [6.07, 6.45) is 0.970. The van der Waals surface area contributed by atoms with Crippen LogP contribution in [0.25, 0.3) is 0 Å². The molecule has 2 rings (SSSR count). The fourth-order valence-electron chi connectivity index (χ4n) is 3.00. The molecule has 0 bridgehead atoms. The molecule has 0 aromatic heterocycles. The molecule has 0 fully saturated rings. The summed E-state index contributed by atoms with van der Waals surface area (Å²) in [5.74, 6) is -0.786. The highest BCUT2D eigenvalue weighted by Crippen LogP contribution is 2.15. The summed E-state index contributed by atoms with van der Waals surface area (Å²) in [4.78, 5) is 27.3. The molecule has 1 N–H and O–H groups in total. The predicted molar refractivity (Wildman–Crippen MR) is 120 cm³/mol. The van der Waals surface area contributed by atoms with Crippen LogP contribution in [0.5, 0.6) is 0 Å². The van der Waals surface area contributed by atoms with Crippen LogP contribution in [0.1, 0.15) is 38.3 Å². The van der Waals surface area contributed by atoms with Gasteiger partial charge in [-0.2, -0.15) is 0 Å². The molecule has 168 valence electrons. The molecular weight excluding hydrogens is 419 g/mol. The van der Waals surface area contributed by atoms with Crippen LogP contribution in [0.3, 0.4) is 0 Å². The number of carbonyl (C=O) groups excluding carboxylic acids is 2. The van der Waals surface area contributed by atoms with Gasteiger partial charge in [0.05, 0.1) is 12.5 Å². The normalized spacial score (nSPS) is 11.9. The van der Waals surface area contributed by atoms with E-state index in [1.807, 2.05) is 13.8 Å². The van der Waals surface area contributed by atoms with Gasteiger partial charge in [-0.25, -0.2) is 4.39 Å². The largest absolute Gasteiger partial charge is 0.379 e. The van der Waals surface area contributed by atoms with E-state index in [1.54, 1.807) is 43.3 Å². The highest BCUT2D eigenvalue weighted by molar-refractivity contribution is 6.30. The number of halogens is 2. The first-order valence-corrected chi connectivity index (χ1v) is 10.8. The molecule has 0 heterocycles. The number of hydrogen-bond donors (Lipinski definition) is 1. The number of hydrogen-bond acceptors (Lipinski definition) is 3. The summed E-state index contributed by atoms with van der Waals surface area (Å²) in [6.45, 7) is 6.84. The Morgan fingerprint density at radius 2 is 1.65 bits per heavy atom. The Bertz CT molecular complexity index is 841. The highest BCUT2D eigenvalue weighted by atomic mass is 35.5. The van der Waals surface area contributed by atoms with E-state index >= 15 is 0 Å². The van der Waals surface area contributed by atoms with Crippen LogP contribution < -0.4 is 5.32 Å². The highest BCUT2D eigenvalue weighted by Gasteiger charge is 2.26. The zero-order valence-corrected chi connectivity index (χ0v) is 19.0. The minimum Gasteiger partial charge on any atom is -0.379 e. The molecule has 2 aromatic rings. The van der Waals surface area contributed by atoms with Gasteiger partial charge in [0.25, 0.3) is 0 Å². The summed E-state index contributed by atoms with van der Waals surface area (Å²) in [7, 11) is 0. The van der Waals surface area contributed by atoms with Gasteiger partial charge in [-0.15, -0.1) is 0 Å². The molecule has 0 saturated heterocycles. The summed E-state index contributed by atoms with van der Waals surface area (Å²) >= 11 is 5.92. The van der Waals surface area contributed by atoms with E-state index in [0.29, 0.717) is 24.6 Å². The van der Waals surface area contributed by atoms with Crippen molar-refractivity contribution >= 4 is 23.4 Å². The third-order valence-electron chi connectivity index (χ3n) is 4.77. The van der Waals surface area contributed by atoms with Crippen LogP contribution in [0.15, 0.2) is 48.5 Å². The molecule has 0 aliphatic heterocycles. The van der Waals surface area contributed by atoms with Gasteiger partial charge < -0.3 is 15.0 Å². The summed E-state index contributed by atoms with van der Waals surface area (Å²) in [6, 6.07) is 12.3. The minimum atomic E-state index is -0.684. The van der Waals surface area contributed by atoms with Crippen molar-refractivity contribution in [3.05, 3.63) is 70.5 Å². The Hall–Kier alpha value is -2.44. The fourth-order valence-corrected chi connectivity index (χ4v) is 3.12. The smallest absolute Gasteiger partial charge is 0.242 e. The van der Waals surface area contributed by atoms with E-state index in [9.17, 15) is 14.0 Å². The number of amides is 2. The Balaban J connectivity index is 2.06. The zero-order chi connectivity index (χ0) is 22.8. The average Bonchev–Trinajstić information content (AvgIpc) is 2.73. The number of rotatable bonds is 11. The molecule has 1 atom stereocenters. The van der Waals surface area contributed by atoms with Gasteiger partial charge in [-0.05, 0) is 62.6 Å². The second-order valence-corrected chi connectivity index (χ2v) is 8.13. The SMILES string of the molecule is CC(C)OCCCNC(=O)C(C)N(Cc1ccc(F)cc1)C(=O)Cc1ccc(Cl)cc1. The Morgan fingerprint density at radius 1 is 1.03 bits per heavy atom. The van der Waals surface area contributed by atoms with Gasteiger partial charge in [-0.3, -0.25) is 9.59 Å². The van der Waals surface area contributed by atoms with E-state index in [2.05, 4.69) is 5.32 Å². The van der Waals surface area contributed by atoms with Gasteiger partial charge >= 0.3 is 0 Å². The minimum absolute atomic E-state index is 0.137. The van der Waals surface area contributed by atoms with Crippen molar-refractivity contribution in [2.24, 2.45) is 0 Å². The summed E-state index contributed by atoms with van der Waals surface area (Å²) < 4.78 is 18.8. The molecule has 0 aliphatic rings. The van der Waals surface area contributed by atoms with Crippen LogP contribution in [-0.4, -0.2) is 42.0 Å². The molecule has 2 amide bonds.